The van der Waals surface area contributed by atoms with Crippen molar-refractivity contribution in [3.63, 3.8) is 0 Å². The van der Waals surface area contributed by atoms with Crippen LogP contribution in [0, 0.1) is 24.2 Å². The molecular weight excluding hydrogens is 254 g/mol. The SMILES string of the molecule is Cc1ccncc1NC(=O)[C@H]1C(=O)NC[C@H]1C(C)(C)C. The van der Waals surface area contributed by atoms with Crippen molar-refractivity contribution in [1.82, 2.24) is 10.3 Å². The van der Waals surface area contributed by atoms with Crippen molar-refractivity contribution in [2.75, 3.05) is 11.9 Å². The lowest BCUT2D eigenvalue weighted by atomic mass is 9.74. The number of rotatable bonds is 2. The number of pyridine rings is 1. The van der Waals surface area contributed by atoms with Crippen LogP contribution in [0.1, 0.15) is 26.3 Å². The Hall–Kier alpha value is -1.91. The molecule has 1 aliphatic rings. The molecule has 1 fully saturated rings. The molecule has 1 saturated heterocycles. The van der Waals surface area contributed by atoms with Crippen molar-refractivity contribution in [2.45, 2.75) is 27.7 Å². The van der Waals surface area contributed by atoms with Crippen molar-refractivity contribution in [3.05, 3.63) is 24.0 Å². The van der Waals surface area contributed by atoms with Crippen LogP contribution < -0.4 is 10.6 Å². The normalized spacial score (nSPS) is 22.5. The zero-order chi connectivity index (χ0) is 14.9. The van der Waals surface area contributed by atoms with Crippen molar-refractivity contribution in [1.29, 1.82) is 0 Å². The van der Waals surface area contributed by atoms with Gasteiger partial charge in [0.15, 0.2) is 0 Å². The maximum absolute atomic E-state index is 12.4. The summed E-state index contributed by atoms with van der Waals surface area (Å²) in [6, 6.07) is 1.82. The predicted octanol–water partition coefficient (Wildman–Crippen LogP) is 1.74. The van der Waals surface area contributed by atoms with Gasteiger partial charge in [-0.3, -0.25) is 14.6 Å². The average Bonchev–Trinajstić information content (AvgIpc) is 2.74. The molecular formula is C15H21N3O2. The number of aromatic nitrogens is 1. The first-order chi connectivity index (χ1) is 9.30. The molecule has 20 heavy (non-hydrogen) atoms. The Kier molecular flexibility index (Phi) is 3.79. The van der Waals surface area contributed by atoms with Gasteiger partial charge in [-0.05, 0) is 24.0 Å². The summed E-state index contributed by atoms with van der Waals surface area (Å²) in [5.41, 5.74) is 1.48. The van der Waals surface area contributed by atoms with Gasteiger partial charge in [0.25, 0.3) is 0 Å². The zero-order valence-electron chi connectivity index (χ0n) is 12.4. The molecule has 2 heterocycles. The number of nitrogens with one attached hydrogen (secondary N) is 2. The van der Waals surface area contributed by atoms with Gasteiger partial charge in [0, 0.05) is 18.7 Å². The Balaban J connectivity index is 2.19. The fourth-order valence-electron chi connectivity index (χ4n) is 2.53. The summed E-state index contributed by atoms with van der Waals surface area (Å²) in [7, 11) is 0. The monoisotopic (exact) mass is 275 g/mol. The molecule has 1 aromatic heterocycles. The van der Waals surface area contributed by atoms with Gasteiger partial charge in [-0.2, -0.15) is 0 Å². The predicted molar refractivity (Wildman–Crippen MR) is 77.0 cm³/mol. The van der Waals surface area contributed by atoms with E-state index in [0.29, 0.717) is 12.2 Å². The number of carbonyl (C=O) groups excluding carboxylic acids is 2. The molecule has 0 radical (unpaired) electrons. The van der Waals surface area contributed by atoms with E-state index in [1.807, 2.05) is 33.8 Å². The molecule has 0 aromatic carbocycles. The van der Waals surface area contributed by atoms with Gasteiger partial charge in [0.1, 0.15) is 5.92 Å². The third kappa shape index (κ3) is 2.81. The summed E-state index contributed by atoms with van der Waals surface area (Å²) in [5, 5.41) is 5.61. The zero-order valence-corrected chi connectivity index (χ0v) is 12.4. The quantitative estimate of drug-likeness (QED) is 0.808. The summed E-state index contributed by atoms with van der Waals surface area (Å²) in [5.74, 6) is -1.10. The first-order valence-corrected chi connectivity index (χ1v) is 6.80. The number of nitrogens with zero attached hydrogens (tertiary/aromatic N) is 1. The molecule has 0 saturated carbocycles. The van der Waals surface area contributed by atoms with E-state index < -0.39 is 5.92 Å². The lowest BCUT2D eigenvalue weighted by Gasteiger charge is -2.29. The Morgan fingerprint density at radius 3 is 2.75 bits per heavy atom. The van der Waals surface area contributed by atoms with E-state index in [2.05, 4.69) is 15.6 Å². The minimum atomic E-state index is -0.644. The second-order valence-corrected chi connectivity index (χ2v) is 6.38. The molecule has 2 amide bonds. The van der Waals surface area contributed by atoms with Gasteiger partial charge in [-0.25, -0.2) is 0 Å². The Bertz CT molecular complexity index is 534. The van der Waals surface area contributed by atoms with Crippen molar-refractivity contribution >= 4 is 17.5 Å². The first kappa shape index (κ1) is 14.5. The highest BCUT2D eigenvalue weighted by atomic mass is 16.2. The van der Waals surface area contributed by atoms with Crippen LogP contribution in [0.25, 0.3) is 0 Å². The average molecular weight is 275 g/mol. The third-order valence-electron chi connectivity index (χ3n) is 3.87. The van der Waals surface area contributed by atoms with Gasteiger partial charge in [0.2, 0.25) is 11.8 Å². The molecule has 2 N–H and O–H groups in total. The fraction of sp³-hybridized carbons (Fsp3) is 0.533. The lowest BCUT2D eigenvalue weighted by Crippen LogP contribution is -2.37. The van der Waals surface area contributed by atoms with E-state index in [9.17, 15) is 9.59 Å². The molecule has 0 bridgehead atoms. The minimum absolute atomic E-state index is 0.00743. The standard InChI is InChI=1S/C15H21N3O2/c1-9-5-6-16-8-11(9)18-14(20)12-10(15(2,3)4)7-17-13(12)19/h5-6,8,10,12H,7H2,1-4H3,(H,17,19)(H,18,20)/t10-,12-/m1/s1. The minimum Gasteiger partial charge on any atom is -0.355 e. The largest absolute Gasteiger partial charge is 0.355 e. The summed E-state index contributed by atoms with van der Waals surface area (Å²) in [4.78, 5) is 28.4. The summed E-state index contributed by atoms with van der Waals surface area (Å²) < 4.78 is 0. The maximum Gasteiger partial charge on any atom is 0.237 e. The number of hydrogen-bond donors (Lipinski definition) is 2. The van der Waals surface area contributed by atoms with Gasteiger partial charge in [-0.1, -0.05) is 20.8 Å². The van der Waals surface area contributed by atoms with Crippen LogP contribution in [-0.2, 0) is 9.59 Å². The first-order valence-electron chi connectivity index (χ1n) is 6.80. The number of hydrogen-bond acceptors (Lipinski definition) is 3. The van der Waals surface area contributed by atoms with Crippen LogP contribution in [0.3, 0.4) is 0 Å². The van der Waals surface area contributed by atoms with E-state index in [0.717, 1.165) is 5.56 Å². The Labute approximate surface area is 119 Å². The molecule has 108 valence electrons. The Morgan fingerprint density at radius 2 is 2.15 bits per heavy atom. The fourth-order valence-corrected chi connectivity index (χ4v) is 2.53. The summed E-state index contributed by atoms with van der Waals surface area (Å²) in [6.07, 6.45) is 3.28. The highest BCUT2D eigenvalue weighted by Crippen LogP contribution is 2.35. The van der Waals surface area contributed by atoms with Crippen LogP contribution >= 0.6 is 0 Å². The van der Waals surface area contributed by atoms with E-state index in [-0.39, 0.29) is 23.1 Å². The molecule has 1 aliphatic heterocycles. The van der Waals surface area contributed by atoms with E-state index in [4.69, 9.17) is 0 Å². The number of anilines is 1. The van der Waals surface area contributed by atoms with Gasteiger partial charge >= 0.3 is 0 Å². The van der Waals surface area contributed by atoms with E-state index in [1.54, 1.807) is 12.4 Å². The van der Waals surface area contributed by atoms with Gasteiger partial charge < -0.3 is 10.6 Å². The Morgan fingerprint density at radius 1 is 1.45 bits per heavy atom. The van der Waals surface area contributed by atoms with E-state index in [1.165, 1.54) is 0 Å². The summed E-state index contributed by atoms with van der Waals surface area (Å²) >= 11 is 0. The van der Waals surface area contributed by atoms with Gasteiger partial charge in [-0.15, -0.1) is 0 Å². The van der Waals surface area contributed by atoms with Crippen LogP contribution in [0.2, 0.25) is 0 Å². The molecule has 0 aliphatic carbocycles. The van der Waals surface area contributed by atoms with Crippen LogP contribution in [-0.4, -0.2) is 23.3 Å². The molecule has 5 nitrogen and oxygen atoms in total. The van der Waals surface area contributed by atoms with Crippen LogP contribution in [0.4, 0.5) is 5.69 Å². The van der Waals surface area contributed by atoms with Crippen LogP contribution in [0.5, 0.6) is 0 Å². The summed E-state index contributed by atoms with van der Waals surface area (Å²) in [6.45, 7) is 8.59. The van der Waals surface area contributed by atoms with Crippen molar-refractivity contribution in [3.8, 4) is 0 Å². The molecule has 2 rings (SSSR count). The van der Waals surface area contributed by atoms with Gasteiger partial charge in [0.05, 0.1) is 11.9 Å². The lowest BCUT2D eigenvalue weighted by molar-refractivity contribution is -0.132. The molecule has 0 spiro atoms. The van der Waals surface area contributed by atoms with Crippen molar-refractivity contribution in [2.24, 2.45) is 17.3 Å². The molecule has 5 heteroatoms. The third-order valence-corrected chi connectivity index (χ3v) is 3.87. The van der Waals surface area contributed by atoms with Crippen LogP contribution in [0.15, 0.2) is 18.5 Å². The maximum atomic E-state index is 12.4. The van der Waals surface area contributed by atoms with Crippen molar-refractivity contribution < 1.29 is 9.59 Å². The molecule has 0 unspecified atom stereocenters. The topological polar surface area (TPSA) is 71.1 Å². The highest BCUT2D eigenvalue weighted by molar-refractivity contribution is 6.08. The molecule has 1 aromatic rings. The number of aryl methyl sites for hydroxylation is 1. The molecule has 2 atom stereocenters. The second-order valence-electron chi connectivity index (χ2n) is 6.38. The number of amides is 2. The highest BCUT2D eigenvalue weighted by Gasteiger charge is 2.45. The second kappa shape index (κ2) is 5.23. The smallest absolute Gasteiger partial charge is 0.237 e. The number of carbonyl (C=O) groups is 2. The van der Waals surface area contributed by atoms with E-state index >= 15 is 0 Å².